The van der Waals surface area contributed by atoms with E-state index < -0.39 is 5.92 Å². The zero-order chi connectivity index (χ0) is 17.8. The largest absolute Gasteiger partial charge is 0.493 e. The lowest BCUT2D eigenvalue weighted by molar-refractivity contribution is -0.154. The van der Waals surface area contributed by atoms with Crippen molar-refractivity contribution in [2.45, 2.75) is 46.5 Å². The molecule has 5 nitrogen and oxygen atoms in total. The minimum absolute atomic E-state index is 0.00989. The number of hydrogen-bond donors (Lipinski definition) is 0. The number of esters is 2. The van der Waals surface area contributed by atoms with E-state index >= 15 is 0 Å². The standard InChI is InChI=1S/C19H28O5/c1-4-7-12-24-17-11-9-8-10-15(17)13-16(19(21)23-6-3)14-18(20)22-5-2/h8-11,16H,4-7,12-14H2,1-3H3. The molecule has 0 saturated carbocycles. The first kappa shape index (κ1) is 20.0. The van der Waals surface area contributed by atoms with E-state index in [-0.39, 0.29) is 25.0 Å². The summed E-state index contributed by atoms with van der Waals surface area (Å²) in [6.07, 6.45) is 2.42. The SMILES string of the molecule is CCCCOc1ccccc1CC(CC(=O)OCC)C(=O)OCC. The molecule has 1 rings (SSSR count). The normalized spacial score (nSPS) is 11.6. The molecule has 1 unspecified atom stereocenters. The second kappa shape index (κ2) is 11.5. The molecule has 0 bridgehead atoms. The predicted molar refractivity (Wildman–Crippen MR) is 91.9 cm³/mol. The predicted octanol–water partition coefficient (Wildman–Crippen LogP) is 3.54. The Morgan fingerprint density at radius 2 is 1.75 bits per heavy atom. The molecule has 0 heterocycles. The van der Waals surface area contributed by atoms with Crippen molar-refractivity contribution >= 4 is 11.9 Å². The van der Waals surface area contributed by atoms with Gasteiger partial charge in [-0.05, 0) is 38.3 Å². The summed E-state index contributed by atoms with van der Waals surface area (Å²) in [5.41, 5.74) is 0.899. The van der Waals surface area contributed by atoms with Gasteiger partial charge >= 0.3 is 11.9 Å². The van der Waals surface area contributed by atoms with Gasteiger partial charge in [0, 0.05) is 0 Å². The lowest BCUT2D eigenvalue weighted by atomic mass is 9.95. The second-order valence-electron chi connectivity index (χ2n) is 5.47. The van der Waals surface area contributed by atoms with Gasteiger partial charge < -0.3 is 14.2 Å². The summed E-state index contributed by atoms with van der Waals surface area (Å²) < 4.78 is 15.9. The molecule has 0 radical (unpaired) electrons. The van der Waals surface area contributed by atoms with Crippen molar-refractivity contribution in [3.05, 3.63) is 29.8 Å². The van der Waals surface area contributed by atoms with Crippen LogP contribution in [0.3, 0.4) is 0 Å². The molecule has 1 aromatic carbocycles. The summed E-state index contributed by atoms with van der Waals surface area (Å²) >= 11 is 0. The van der Waals surface area contributed by atoms with Crippen LogP contribution in [0.25, 0.3) is 0 Å². The molecule has 5 heteroatoms. The smallest absolute Gasteiger partial charge is 0.309 e. The highest BCUT2D eigenvalue weighted by molar-refractivity contribution is 5.80. The van der Waals surface area contributed by atoms with Gasteiger partial charge in [0.25, 0.3) is 0 Å². The number of rotatable bonds is 11. The van der Waals surface area contributed by atoms with Crippen LogP contribution in [0.5, 0.6) is 5.75 Å². The Labute approximate surface area is 144 Å². The molecule has 0 amide bonds. The van der Waals surface area contributed by atoms with Crippen LogP contribution in [0.1, 0.15) is 45.6 Å². The van der Waals surface area contributed by atoms with Gasteiger partial charge in [0.2, 0.25) is 0 Å². The minimum Gasteiger partial charge on any atom is -0.493 e. The molecule has 0 aromatic heterocycles. The Balaban J connectivity index is 2.84. The summed E-state index contributed by atoms with van der Waals surface area (Å²) in [7, 11) is 0. The topological polar surface area (TPSA) is 61.8 Å². The van der Waals surface area contributed by atoms with E-state index in [1.165, 1.54) is 0 Å². The Bertz CT molecular complexity index is 512. The molecule has 1 aromatic rings. The van der Waals surface area contributed by atoms with Crippen LogP contribution in [-0.2, 0) is 25.5 Å². The zero-order valence-electron chi connectivity index (χ0n) is 14.9. The third kappa shape index (κ3) is 7.02. The monoisotopic (exact) mass is 336 g/mol. The first-order chi connectivity index (χ1) is 11.6. The molecule has 0 N–H and O–H groups in total. The summed E-state index contributed by atoms with van der Waals surface area (Å²) in [5, 5.41) is 0. The van der Waals surface area contributed by atoms with Crippen molar-refractivity contribution in [2.75, 3.05) is 19.8 Å². The van der Waals surface area contributed by atoms with Gasteiger partial charge in [-0.25, -0.2) is 0 Å². The molecule has 0 aliphatic rings. The number of carbonyl (C=O) groups excluding carboxylic acids is 2. The fraction of sp³-hybridized carbons (Fsp3) is 0.579. The Morgan fingerprint density at radius 1 is 1.04 bits per heavy atom. The minimum atomic E-state index is -0.570. The van der Waals surface area contributed by atoms with Crippen LogP contribution in [0.2, 0.25) is 0 Å². The number of unbranched alkanes of at least 4 members (excludes halogenated alkanes) is 1. The van der Waals surface area contributed by atoms with Crippen molar-refractivity contribution in [3.63, 3.8) is 0 Å². The van der Waals surface area contributed by atoms with Gasteiger partial charge in [-0.1, -0.05) is 31.5 Å². The van der Waals surface area contributed by atoms with Gasteiger partial charge in [-0.15, -0.1) is 0 Å². The van der Waals surface area contributed by atoms with Gasteiger partial charge in [0.15, 0.2) is 0 Å². The highest BCUT2D eigenvalue weighted by atomic mass is 16.5. The molecular weight excluding hydrogens is 308 g/mol. The van der Waals surface area contributed by atoms with E-state index in [4.69, 9.17) is 14.2 Å². The van der Waals surface area contributed by atoms with Crippen molar-refractivity contribution in [1.29, 1.82) is 0 Å². The average molecular weight is 336 g/mol. The second-order valence-corrected chi connectivity index (χ2v) is 5.47. The van der Waals surface area contributed by atoms with E-state index in [9.17, 15) is 9.59 Å². The maximum Gasteiger partial charge on any atom is 0.309 e. The van der Waals surface area contributed by atoms with Crippen LogP contribution in [-0.4, -0.2) is 31.8 Å². The first-order valence-corrected chi connectivity index (χ1v) is 8.65. The zero-order valence-corrected chi connectivity index (χ0v) is 14.9. The fourth-order valence-electron chi connectivity index (χ4n) is 2.33. The van der Waals surface area contributed by atoms with E-state index in [0.29, 0.717) is 19.6 Å². The highest BCUT2D eigenvalue weighted by Crippen LogP contribution is 2.24. The van der Waals surface area contributed by atoms with Gasteiger partial charge in [0.05, 0.1) is 32.2 Å². The molecule has 134 valence electrons. The Hall–Kier alpha value is -2.04. The lowest BCUT2D eigenvalue weighted by Gasteiger charge is -2.17. The van der Waals surface area contributed by atoms with Crippen molar-refractivity contribution in [2.24, 2.45) is 5.92 Å². The van der Waals surface area contributed by atoms with E-state index in [0.717, 1.165) is 24.2 Å². The summed E-state index contributed by atoms with van der Waals surface area (Å²) in [6, 6.07) is 7.60. The Morgan fingerprint density at radius 3 is 2.42 bits per heavy atom. The molecule has 1 atom stereocenters. The maximum atomic E-state index is 12.2. The number of para-hydroxylation sites is 1. The summed E-state index contributed by atoms with van der Waals surface area (Å²) in [4.78, 5) is 24.0. The van der Waals surface area contributed by atoms with Crippen molar-refractivity contribution in [1.82, 2.24) is 0 Å². The van der Waals surface area contributed by atoms with Crippen LogP contribution in [0.4, 0.5) is 0 Å². The quantitative estimate of drug-likeness (QED) is 0.457. The van der Waals surface area contributed by atoms with Gasteiger partial charge in [-0.3, -0.25) is 9.59 Å². The summed E-state index contributed by atoms with van der Waals surface area (Å²) in [5.74, 6) is -0.585. The van der Waals surface area contributed by atoms with E-state index in [1.54, 1.807) is 13.8 Å². The van der Waals surface area contributed by atoms with Crippen LogP contribution in [0.15, 0.2) is 24.3 Å². The first-order valence-electron chi connectivity index (χ1n) is 8.65. The van der Waals surface area contributed by atoms with Gasteiger partial charge in [0.1, 0.15) is 5.75 Å². The average Bonchev–Trinajstić information content (AvgIpc) is 2.56. The molecule has 0 aliphatic carbocycles. The molecule has 0 aliphatic heterocycles. The number of carbonyl (C=O) groups is 2. The van der Waals surface area contributed by atoms with Crippen molar-refractivity contribution < 1.29 is 23.8 Å². The molecule has 0 fully saturated rings. The molecular formula is C19H28O5. The third-order valence-electron chi connectivity index (χ3n) is 3.53. The third-order valence-corrected chi connectivity index (χ3v) is 3.53. The molecule has 0 spiro atoms. The number of benzene rings is 1. The number of ether oxygens (including phenoxy) is 3. The Kier molecular flexibility index (Phi) is 9.58. The molecule has 0 saturated heterocycles. The van der Waals surface area contributed by atoms with E-state index in [1.807, 2.05) is 24.3 Å². The maximum absolute atomic E-state index is 12.2. The lowest BCUT2D eigenvalue weighted by Crippen LogP contribution is -2.24. The fourth-order valence-corrected chi connectivity index (χ4v) is 2.33. The van der Waals surface area contributed by atoms with Crippen LogP contribution >= 0.6 is 0 Å². The van der Waals surface area contributed by atoms with E-state index in [2.05, 4.69) is 6.92 Å². The summed E-state index contributed by atoms with van der Waals surface area (Å²) in [6.45, 7) is 6.81. The number of hydrogen-bond acceptors (Lipinski definition) is 5. The highest BCUT2D eigenvalue weighted by Gasteiger charge is 2.25. The molecule has 24 heavy (non-hydrogen) atoms. The van der Waals surface area contributed by atoms with Crippen LogP contribution in [0, 0.1) is 5.92 Å². The van der Waals surface area contributed by atoms with Crippen molar-refractivity contribution in [3.8, 4) is 5.75 Å². The van der Waals surface area contributed by atoms with Crippen LogP contribution < -0.4 is 4.74 Å². The van der Waals surface area contributed by atoms with Gasteiger partial charge in [-0.2, -0.15) is 0 Å².